The fourth-order valence-corrected chi connectivity index (χ4v) is 3.63. The number of nitrogen functional groups attached to an aromatic ring is 1. The van der Waals surface area contributed by atoms with E-state index < -0.39 is 29.8 Å². The van der Waals surface area contributed by atoms with E-state index in [1.54, 1.807) is 37.4 Å². The smallest absolute Gasteiger partial charge is 0.259 e. The van der Waals surface area contributed by atoms with E-state index in [0.29, 0.717) is 22.8 Å². The topological polar surface area (TPSA) is 118 Å². The first kappa shape index (κ1) is 20.7. The quantitative estimate of drug-likeness (QED) is 0.590. The first-order chi connectivity index (χ1) is 14.8. The van der Waals surface area contributed by atoms with Crippen molar-refractivity contribution in [1.29, 1.82) is 0 Å². The van der Waals surface area contributed by atoms with Crippen LogP contribution in [0.4, 0.5) is 21.6 Å². The van der Waals surface area contributed by atoms with Gasteiger partial charge in [-0.05, 0) is 60.3 Å². The normalized spacial score (nSPS) is 17.6. The van der Waals surface area contributed by atoms with Crippen molar-refractivity contribution in [2.75, 3.05) is 29.1 Å². The minimum Gasteiger partial charge on any atom is -0.383 e. The van der Waals surface area contributed by atoms with Crippen molar-refractivity contribution in [3.05, 3.63) is 60.0 Å². The van der Waals surface area contributed by atoms with Crippen LogP contribution in [-0.2, 0) is 14.3 Å². The average molecular weight is 424 g/mol. The number of pyridine rings is 1. The summed E-state index contributed by atoms with van der Waals surface area (Å²) in [5.41, 5.74) is 7.33. The summed E-state index contributed by atoms with van der Waals surface area (Å²) in [7, 11) is 0. The molecular weight excluding hydrogens is 403 g/mol. The number of nitrogens with one attached hydrogen (secondary N) is 1. The Balaban J connectivity index is 1.51. The summed E-state index contributed by atoms with van der Waals surface area (Å²) in [6, 6.07) is 10.8. The maximum absolute atomic E-state index is 13.4. The minimum absolute atomic E-state index is 0.125. The number of halogens is 1. The van der Waals surface area contributed by atoms with E-state index in [1.807, 2.05) is 0 Å². The van der Waals surface area contributed by atoms with E-state index in [1.165, 1.54) is 23.1 Å². The van der Waals surface area contributed by atoms with Gasteiger partial charge in [0.05, 0.1) is 6.61 Å². The predicted molar refractivity (Wildman–Crippen MR) is 114 cm³/mol. The Morgan fingerprint density at radius 3 is 2.90 bits per heavy atom. The van der Waals surface area contributed by atoms with E-state index in [2.05, 4.69) is 10.3 Å². The Labute approximate surface area is 177 Å². The van der Waals surface area contributed by atoms with Crippen molar-refractivity contribution < 1.29 is 23.8 Å². The molecule has 2 atom stereocenters. The number of aliphatic hydroxyl groups is 1. The number of nitrogens with zero attached hydrogens (tertiary/aromatic N) is 2. The molecule has 1 aliphatic rings. The zero-order chi connectivity index (χ0) is 22.1. The molecule has 8 nitrogen and oxygen atoms in total. The maximum Gasteiger partial charge on any atom is 0.259 e. The molecule has 1 aliphatic heterocycles. The molecule has 0 spiro atoms. The van der Waals surface area contributed by atoms with Crippen LogP contribution in [0.1, 0.15) is 5.56 Å². The number of hydrogen-bond donors (Lipinski definition) is 3. The highest BCUT2D eigenvalue weighted by Gasteiger charge is 2.39. The van der Waals surface area contributed by atoms with Gasteiger partial charge in [0.15, 0.2) is 12.2 Å². The standard InChI is InChI=1S/C22H21FN4O4/c1-12-10-14(23)2-5-17(12)27-8-9-31-19(22(27)30)18(28)21(29)26-15-3-4-16-13(11-15)6-7-25-20(16)24/h2-7,10-11,18-19,28H,8-9H2,1H3,(H2,24,25)(H,26,29). The average Bonchev–Trinajstić information content (AvgIpc) is 2.74. The lowest BCUT2D eigenvalue weighted by atomic mass is 10.1. The third kappa shape index (κ3) is 4.05. The van der Waals surface area contributed by atoms with Crippen molar-refractivity contribution in [2.45, 2.75) is 19.1 Å². The number of carbonyl (C=O) groups excluding carboxylic acids is 2. The molecule has 2 heterocycles. The van der Waals surface area contributed by atoms with Crippen molar-refractivity contribution in [3.63, 3.8) is 0 Å². The van der Waals surface area contributed by atoms with Gasteiger partial charge in [-0.25, -0.2) is 9.37 Å². The molecule has 31 heavy (non-hydrogen) atoms. The molecule has 1 saturated heterocycles. The Hall–Kier alpha value is -3.56. The van der Waals surface area contributed by atoms with Gasteiger partial charge in [-0.15, -0.1) is 0 Å². The van der Waals surface area contributed by atoms with Gasteiger partial charge < -0.3 is 25.8 Å². The van der Waals surface area contributed by atoms with Gasteiger partial charge in [-0.1, -0.05) is 0 Å². The minimum atomic E-state index is -1.73. The molecule has 1 aromatic heterocycles. The van der Waals surface area contributed by atoms with Crippen LogP contribution in [0.15, 0.2) is 48.7 Å². The zero-order valence-corrected chi connectivity index (χ0v) is 16.7. The lowest BCUT2D eigenvalue weighted by Gasteiger charge is -2.34. The molecule has 160 valence electrons. The molecular formula is C22H21FN4O4. The number of benzene rings is 2. The van der Waals surface area contributed by atoms with E-state index in [9.17, 15) is 19.1 Å². The van der Waals surface area contributed by atoms with Gasteiger partial charge in [0.2, 0.25) is 0 Å². The summed E-state index contributed by atoms with van der Waals surface area (Å²) in [6.07, 6.45) is -1.55. The number of carbonyl (C=O) groups is 2. The maximum atomic E-state index is 13.4. The van der Waals surface area contributed by atoms with Gasteiger partial charge >= 0.3 is 0 Å². The van der Waals surface area contributed by atoms with Crippen molar-refractivity contribution in [1.82, 2.24) is 4.98 Å². The molecule has 0 saturated carbocycles. The number of nitrogens with two attached hydrogens (primary N) is 1. The fourth-order valence-electron chi connectivity index (χ4n) is 3.63. The molecule has 4 N–H and O–H groups in total. The number of amides is 2. The van der Waals surface area contributed by atoms with Crippen molar-refractivity contribution in [3.8, 4) is 0 Å². The molecule has 4 rings (SSSR count). The highest BCUT2D eigenvalue weighted by Crippen LogP contribution is 2.26. The van der Waals surface area contributed by atoms with Crippen molar-refractivity contribution in [2.24, 2.45) is 0 Å². The van der Waals surface area contributed by atoms with Crippen LogP contribution < -0.4 is 16.0 Å². The molecule has 1 fully saturated rings. The summed E-state index contributed by atoms with van der Waals surface area (Å²) in [5, 5.41) is 14.6. The van der Waals surface area contributed by atoms with Crippen molar-refractivity contribution >= 4 is 39.8 Å². The molecule has 9 heteroatoms. The third-order valence-corrected chi connectivity index (χ3v) is 5.19. The van der Waals surface area contributed by atoms with E-state index in [4.69, 9.17) is 10.5 Å². The van der Waals surface area contributed by atoms with Gasteiger partial charge in [0, 0.05) is 29.5 Å². The second-order valence-corrected chi connectivity index (χ2v) is 7.28. The number of hydrogen-bond acceptors (Lipinski definition) is 6. The SMILES string of the molecule is Cc1cc(F)ccc1N1CCOC(C(O)C(=O)Nc2ccc3c(N)nccc3c2)C1=O. The number of aryl methyl sites for hydroxylation is 1. The lowest BCUT2D eigenvalue weighted by molar-refractivity contribution is -0.150. The predicted octanol–water partition coefficient (Wildman–Crippen LogP) is 2.00. The zero-order valence-electron chi connectivity index (χ0n) is 16.7. The van der Waals surface area contributed by atoms with Crippen LogP contribution >= 0.6 is 0 Å². The largest absolute Gasteiger partial charge is 0.383 e. The van der Waals surface area contributed by atoms with Crippen LogP contribution in [0.25, 0.3) is 10.8 Å². The molecule has 2 aromatic carbocycles. The van der Waals surface area contributed by atoms with Gasteiger partial charge in [0.25, 0.3) is 11.8 Å². The van der Waals surface area contributed by atoms with E-state index in [0.717, 1.165) is 10.8 Å². The summed E-state index contributed by atoms with van der Waals surface area (Å²) < 4.78 is 18.8. The summed E-state index contributed by atoms with van der Waals surface area (Å²) >= 11 is 0. The summed E-state index contributed by atoms with van der Waals surface area (Å²) in [5.74, 6) is -1.39. The number of aliphatic hydroxyl groups excluding tert-OH is 1. The monoisotopic (exact) mass is 424 g/mol. The van der Waals surface area contributed by atoms with Gasteiger partial charge in [0.1, 0.15) is 11.6 Å². The summed E-state index contributed by atoms with van der Waals surface area (Å²) in [6.45, 7) is 2.04. The second-order valence-electron chi connectivity index (χ2n) is 7.28. The molecule has 3 aromatic rings. The fraction of sp³-hybridized carbons (Fsp3) is 0.227. The highest BCUT2D eigenvalue weighted by atomic mass is 19.1. The number of morpholine rings is 1. The Morgan fingerprint density at radius 1 is 1.32 bits per heavy atom. The van der Waals surface area contributed by atoms with Gasteiger partial charge in [-0.3, -0.25) is 9.59 Å². The number of aromatic nitrogens is 1. The Bertz CT molecular complexity index is 1170. The number of rotatable bonds is 4. The van der Waals surface area contributed by atoms with E-state index in [-0.39, 0.29) is 13.2 Å². The first-order valence-electron chi connectivity index (χ1n) is 9.67. The molecule has 2 amide bonds. The van der Waals surface area contributed by atoms with Gasteiger partial charge in [-0.2, -0.15) is 0 Å². The van der Waals surface area contributed by atoms with Crippen LogP contribution in [-0.4, -0.2) is 47.3 Å². The van der Waals surface area contributed by atoms with Crippen LogP contribution in [0.3, 0.4) is 0 Å². The van der Waals surface area contributed by atoms with Crippen LogP contribution in [0.2, 0.25) is 0 Å². The second kappa shape index (κ2) is 8.29. The lowest BCUT2D eigenvalue weighted by Crippen LogP contribution is -2.55. The number of ether oxygens (including phenoxy) is 1. The molecule has 2 unspecified atom stereocenters. The molecule has 0 bridgehead atoms. The molecule has 0 aliphatic carbocycles. The Morgan fingerprint density at radius 2 is 2.13 bits per heavy atom. The molecule has 0 radical (unpaired) electrons. The highest BCUT2D eigenvalue weighted by molar-refractivity contribution is 6.05. The number of anilines is 3. The number of fused-ring (bicyclic) bond motifs is 1. The Kier molecular flexibility index (Phi) is 5.53. The third-order valence-electron chi connectivity index (χ3n) is 5.19. The summed E-state index contributed by atoms with van der Waals surface area (Å²) in [4.78, 5) is 30.9. The first-order valence-corrected chi connectivity index (χ1v) is 9.67. The van der Waals surface area contributed by atoms with Crippen LogP contribution in [0, 0.1) is 12.7 Å². The van der Waals surface area contributed by atoms with E-state index >= 15 is 0 Å². The van der Waals surface area contributed by atoms with Crippen LogP contribution in [0.5, 0.6) is 0 Å².